The van der Waals surface area contributed by atoms with Crippen molar-refractivity contribution in [3.63, 3.8) is 0 Å². The summed E-state index contributed by atoms with van der Waals surface area (Å²) in [6, 6.07) is 0.900. The molecule has 1 aliphatic heterocycles. The average molecular weight is 291 g/mol. The lowest BCUT2D eigenvalue weighted by Gasteiger charge is -2.31. The summed E-state index contributed by atoms with van der Waals surface area (Å²) in [5.41, 5.74) is 0. The first-order valence-electron chi connectivity index (χ1n) is 7.48. The first kappa shape index (κ1) is 17.1. The molecule has 1 saturated heterocycles. The molecule has 1 aliphatic rings. The van der Waals surface area contributed by atoms with Gasteiger partial charge in [0.15, 0.2) is 0 Å². The summed E-state index contributed by atoms with van der Waals surface area (Å²) in [5, 5.41) is 0. The quantitative estimate of drug-likeness (QED) is 0.637. The molecule has 19 heavy (non-hydrogen) atoms. The summed E-state index contributed by atoms with van der Waals surface area (Å²) in [4.78, 5) is 2.42. The Balaban J connectivity index is 2.44. The smallest absolute Gasteiger partial charge is 0.377 e. The predicted molar refractivity (Wildman–Crippen MR) is 77.3 cm³/mol. The first-order valence-corrected chi connectivity index (χ1v) is 9.41. The van der Waals surface area contributed by atoms with Gasteiger partial charge in [0, 0.05) is 12.7 Å². The standard InChI is InChI=1S/C13H29NO4Si/c1-4-14(5-2)8-7-13-19(16-6-3)17-11-9-15-10-12-18-19/h4-13H2,1-3H3. The normalized spacial score (nSPS) is 20.2. The average Bonchev–Trinajstić information content (AvgIpc) is 2.39. The predicted octanol–water partition coefficient (Wildman–Crippen LogP) is 1.76. The molecule has 5 nitrogen and oxygen atoms in total. The molecule has 0 N–H and O–H groups in total. The minimum Gasteiger partial charge on any atom is -0.377 e. The van der Waals surface area contributed by atoms with E-state index in [-0.39, 0.29) is 0 Å². The summed E-state index contributed by atoms with van der Waals surface area (Å²) in [6.45, 7) is 12.7. The Labute approximate surface area is 118 Å². The lowest BCUT2D eigenvalue weighted by Crippen LogP contribution is -2.48. The molecule has 0 aliphatic carbocycles. The molecular formula is C13H29NO4Si. The molecule has 0 saturated carbocycles. The largest absolute Gasteiger partial charge is 0.501 e. The summed E-state index contributed by atoms with van der Waals surface area (Å²) in [5.74, 6) is 0. The van der Waals surface area contributed by atoms with Crippen molar-refractivity contribution in [2.24, 2.45) is 0 Å². The molecule has 0 aromatic carbocycles. The van der Waals surface area contributed by atoms with E-state index in [9.17, 15) is 0 Å². The summed E-state index contributed by atoms with van der Waals surface area (Å²) < 4.78 is 23.0. The van der Waals surface area contributed by atoms with Gasteiger partial charge in [0.1, 0.15) is 0 Å². The highest BCUT2D eigenvalue weighted by Crippen LogP contribution is 2.19. The minimum atomic E-state index is -2.46. The van der Waals surface area contributed by atoms with Gasteiger partial charge in [0.2, 0.25) is 0 Å². The maximum Gasteiger partial charge on any atom is 0.501 e. The van der Waals surface area contributed by atoms with Crippen LogP contribution in [0.1, 0.15) is 27.2 Å². The number of hydrogen-bond acceptors (Lipinski definition) is 5. The molecule has 0 bridgehead atoms. The molecule has 6 heteroatoms. The van der Waals surface area contributed by atoms with Crippen molar-refractivity contribution in [1.29, 1.82) is 0 Å². The molecule has 1 rings (SSSR count). The van der Waals surface area contributed by atoms with Crippen LogP contribution in [0, 0.1) is 0 Å². The molecule has 0 aromatic heterocycles. The van der Waals surface area contributed by atoms with Crippen LogP contribution in [-0.4, -0.2) is 66.4 Å². The van der Waals surface area contributed by atoms with Crippen molar-refractivity contribution >= 4 is 8.80 Å². The van der Waals surface area contributed by atoms with Gasteiger partial charge in [-0.25, -0.2) is 0 Å². The molecule has 1 fully saturated rings. The maximum absolute atomic E-state index is 5.91. The van der Waals surface area contributed by atoms with Gasteiger partial charge in [-0.1, -0.05) is 13.8 Å². The Hall–Kier alpha value is 0.0169. The fourth-order valence-corrected chi connectivity index (χ4v) is 4.74. The van der Waals surface area contributed by atoms with Crippen LogP contribution in [0.3, 0.4) is 0 Å². The van der Waals surface area contributed by atoms with Crippen LogP contribution in [-0.2, 0) is 18.0 Å². The Kier molecular flexibility index (Phi) is 8.85. The van der Waals surface area contributed by atoms with Crippen molar-refractivity contribution in [1.82, 2.24) is 4.90 Å². The Morgan fingerprint density at radius 1 is 1.00 bits per heavy atom. The molecular weight excluding hydrogens is 262 g/mol. The van der Waals surface area contributed by atoms with E-state index in [2.05, 4.69) is 18.7 Å². The zero-order valence-electron chi connectivity index (χ0n) is 12.7. The maximum atomic E-state index is 5.91. The molecule has 0 unspecified atom stereocenters. The minimum absolute atomic E-state index is 0.581. The second-order valence-corrected chi connectivity index (χ2v) is 7.29. The van der Waals surface area contributed by atoms with Crippen LogP contribution in [0.4, 0.5) is 0 Å². The van der Waals surface area contributed by atoms with Gasteiger partial charge < -0.3 is 22.9 Å². The van der Waals surface area contributed by atoms with E-state index in [4.69, 9.17) is 18.0 Å². The van der Waals surface area contributed by atoms with Crippen LogP contribution >= 0.6 is 0 Å². The molecule has 0 radical (unpaired) electrons. The van der Waals surface area contributed by atoms with Crippen molar-refractivity contribution in [2.45, 2.75) is 33.2 Å². The van der Waals surface area contributed by atoms with E-state index in [0.717, 1.165) is 32.1 Å². The first-order chi connectivity index (χ1) is 9.26. The lowest BCUT2D eigenvalue weighted by molar-refractivity contribution is -0.0154. The number of ether oxygens (including phenoxy) is 1. The highest BCUT2D eigenvalue weighted by molar-refractivity contribution is 6.60. The van der Waals surface area contributed by atoms with Crippen molar-refractivity contribution < 1.29 is 18.0 Å². The van der Waals surface area contributed by atoms with E-state index in [1.165, 1.54) is 0 Å². The zero-order valence-corrected chi connectivity index (χ0v) is 13.7. The lowest BCUT2D eigenvalue weighted by atomic mass is 10.4. The van der Waals surface area contributed by atoms with Gasteiger partial charge in [0.05, 0.1) is 26.4 Å². The van der Waals surface area contributed by atoms with Crippen molar-refractivity contribution in [3.05, 3.63) is 0 Å². The Morgan fingerprint density at radius 3 is 2.16 bits per heavy atom. The van der Waals surface area contributed by atoms with E-state index in [1.807, 2.05) is 6.92 Å². The van der Waals surface area contributed by atoms with Gasteiger partial charge in [-0.2, -0.15) is 0 Å². The van der Waals surface area contributed by atoms with Gasteiger partial charge in [-0.05, 0) is 33.0 Å². The Bertz CT molecular complexity index is 219. The number of rotatable bonds is 8. The summed E-state index contributed by atoms with van der Waals surface area (Å²) >= 11 is 0. The monoisotopic (exact) mass is 291 g/mol. The fourth-order valence-electron chi connectivity index (χ4n) is 2.23. The van der Waals surface area contributed by atoms with E-state index in [1.54, 1.807) is 0 Å². The number of nitrogens with zero attached hydrogens (tertiary/aromatic N) is 1. The highest BCUT2D eigenvalue weighted by Gasteiger charge is 2.41. The molecule has 114 valence electrons. The topological polar surface area (TPSA) is 40.2 Å². The zero-order chi connectivity index (χ0) is 14.0. The van der Waals surface area contributed by atoms with E-state index < -0.39 is 8.80 Å². The van der Waals surface area contributed by atoms with E-state index in [0.29, 0.717) is 33.0 Å². The third-order valence-corrected chi connectivity index (χ3v) is 6.30. The highest BCUT2D eigenvalue weighted by atomic mass is 28.4. The molecule has 1 heterocycles. The van der Waals surface area contributed by atoms with Crippen molar-refractivity contribution in [3.8, 4) is 0 Å². The number of hydrogen-bond donors (Lipinski definition) is 0. The van der Waals surface area contributed by atoms with Gasteiger partial charge in [0.25, 0.3) is 0 Å². The molecule has 0 aromatic rings. The molecule has 0 amide bonds. The van der Waals surface area contributed by atoms with Crippen LogP contribution in [0.5, 0.6) is 0 Å². The fraction of sp³-hybridized carbons (Fsp3) is 1.00. The third-order valence-electron chi connectivity index (χ3n) is 3.32. The van der Waals surface area contributed by atoms with Gasteiger partial charge in [-0.3, -0.25) is 0 Å². The molecule has 0 spiro atoms. The van der Waals surface area contributed by atoms with Crippen molar-refractivity contribution in [2.75, 3.05) is 52.7 Å². The Morgan fingerprint density at radius 2 is 1.63 bits per heavy atom. The second-order valence-electron chi connectivity index (χ2n) is 4.56. The van der Waals surface area contributed by atoms with Gasteiger partial charge >= 0.3 is 8.80 Å². The summed E-state index contributed by atoms with van der Waals surface area (Å²) in [7, 11) is -2.46. The van der Waals surface area contributed by atoms with Crippen LogP contribution in [0.15, 0.2) is 0 Å². The van der Waals surface area contributed by atoms with Crippen LogP contribution < -0.4 is 0 Å². The van der Waals surface area contributed by atoms with Crippen LogP contribution in [0.25, 0.3) is 0 Å². The second kappa shape index (κ2) is 9.85. The van der Waals surface area contributed by atoms with Gasteiger partial charge in [-0.15, -0.1) is 0 Å². The van der Waals surface area contributed by atoms with E-state index >= 15 is 0 Å². The molecule has 0 atom stereocenters. The SMILES string of the molecule is CCO[Si]1(CCCN(CC)CC)OCCOCCO1. The van der Waals surface area contributed by atoms with Crippen LogP contribution in [0.2, 0.25) is 6.04 Å². The summed E-state index contributed by atoms with van der Waals surface area (Å²) in [6.07, 6.45) is 1.06. The third kappa shape index (κ3) is 6.33.